The molecule has 1 fully saturated rings. The van der Waals surface area contributed by atoms with Crippen LogP contribution in [0.25, 0.3) is 0 Å². The number of aromatic nitrogens is 1. The fourth-order valence-corrected chi connectivity index (χ4v) is 3.33. The van der Waals surface area contributed by atoms with Crippen LogP contribution in [0.1, 0.15) is 41.7 Å². The van der Waals surface area contributed by atoms with E-state index in [1.807, 2.05) is 0 Å². The number of H-pyrrole nitrogens is 1. The molecule has 6 nitrogen and oxygen atoms in total. The molecule has 2 aromatic rings. The molecule has 0 bridgehead atoms. The number of nitrogens with one attached hydrogen (secondary N) is 1. The topological polar surface area (TPSA) is 75.5 Å². The third-order valence-electron chi connectivity index (χ3n) is 4.64. The number of aromatic amines is 1. The molecule has 10 heteroatoms. The first kappa shape index (κ1) is 19.0. The predicted molar refractivity (Wildman–Crippen MR) is 84.6 cm³/mol. The van der Waals surface area contributed by atoms with Gasteiger partial charge in [-0.15, -0.1) is 0 Å². The molecule has 0 saturated carbocycles. The Morgan fingerprint density at radius 2 is 2.07 bits per heavy atom. The van der Waals surface area contributed by atoms with Gasteiger partial charge in [0.25, 0.3) is 5.56 Å². The zero-order valence-electron chi connectivity index (χ0n) is 14.2. The Labute approximate surface area is 150 Å². The number of nitrogens with zero attached hydrogens (tertiary/aromatic N) is 1. The van der Waals surface area contributed by atoms with Crippen LogP contribution in [0.2, 0.25) is 0 Å². The number of hydrogen-bond acceptors (Lipinski definition) is 4. The highest BCUT2D eigenvalue weighted by atomic mass is 19.4. The van der Waals surface area contributed by atoms with Gasteiger partial charge in [-0.1, -0.05) is 6.07 Å². The number of hydrogen-bond donors (Lipinski definition) is 1. The summed E-state index contributed by atoms with van der Waals surface area (Å²) in [4.78, 5) is 24.6. The first-order chi connectivity index (χ1) is 12.7. The molecular formula is C17H16F4N2O4. The highest BCUT2D eigenvalue weighted by Crippen LogP contribution is 2.41. The van der Waals surface area contributed by atoms with E-state index in [1.54, 1.807) is 0 Å². The maximum atomic E-state index is 14.5. The highest BCUT2D eigenvalue weighted by Gasteiger charge is 2.38. The molecule has 1 aromatic carbocycles. The second kappa shape index (κ2) is 7.09. The van der Waals surface area contributed by atoms with Crippen molar-refractivity contribution in [3.8, 4) is 0 Å². The number of alkyl halides is 3. The molecule has 1 saturated heterocycles. The molecule has 1 aliphatic rings. The van der Waals surface area contributed by atoms with Gasteiger partial charge >= 0.3 is 12.3 Å². The molecule has 1 N–H and O–H groups in total. The Balaban J connectivity index is 1.96. The Morgan fingerprint density at radius 1 is 1.33 bits per heavy atom. The zero-order chi connectivity index (χ0) is 19.8. The summed E-state index contributed by atoms with van der Waals surface area (Å²) in [7, 11) is 1.17. The van der Waals surface area contributed by atoms with Crippen LogP contribution < -0.4 is 5.56 Å². The van der Waals surface area contributed by atoms with Crippen LogP contribution in [-0.4, -0.2) is 29.8 Å². The lowest BCUT2D eigenvalue weighted by Gasteiger charge is -2.38. The van der Waals surface area contributed by atoms with Crippen molar-refractivity contribution in [1.82, 2.24) is 10.1 Å². The number of carbonyl (C=O) groups excluding carboxylic acids is 1. The number of methoxy groups -OCH3 is 1. The van der Waals surface area contributed by atoms with Gasteiger partial charge in [-0.25, -0.2) is 9.18 Å². The quantitative estimate of drug-likeness (QED) is 0.794. The van der Waals surface area contributed by atoms with Gasteiger partial charge in [0.1, 0.15) is 11.6 Å². The van der Waals surface area contributed by atoms with Crippen LogP contribution >= 0.6 is 0 Å². The minimum atomic E-state index is -4.68. The molecule has 2 atom stereocenters. The van der Waals surface area contributed by atoms with Crippen LogP contribution in [0.3, 0.4) is 0 Å². The molecule has 146 valence electrons. The molecule has 1 aliphatic heterocycles. The fourth-order valence-electron chi connectivity index (χ4n) is 3.33. The SMILES string of the molecule is COC(=O)N1CC[C@@H](c2cc(=O)[nH]o2)C[C@H]1c1ccc(C(F)(F)F)cc1F. The van der Waals surface area contributed by atoms with Crippen molar-refractivity contribution in [2.24, 2.45) is 0 Å². The van der Waals surface area contributed by atoms with Crippen LogP contribution in [0, 0.1) is 5.82 Å². The number of benzene rings is 1. The number of amides is 1. The van der Waals surface area contributed by atoms with Crippen molar-refractivity contribution in [3.05, 3.63) is 57.3 Å². The monoisotopic (exact) mass is 388 g/mol. The van der Waals surface area contributed by atoms with Gasteiger partial charge in [-0.3, -0.25) is 4.79 Å². The average Bonchev–Trinajstić information content (AvgIpc) is 3.06. The second-order valence-corrected chi connectivity index (χ2v) is 6.25. The first-order valence-electron chi connectivity index (χ1n) is 8.10. The Morgan fingerprint density at radius 3 is 2.63 bits per heavy atom. The minimum absolute atomic E-state index is 0.0593. The van der Waals surface area contributed by atoms with E-state index < -0.39 is 35.3 Å². The summed E-state index contributed by atoms with van der Waals surface area (Å²) >= 11 is 0. The molecule has 27 heavy (non-hydrogen) atoms. The molecular weight excluding hydrogens is 372 g/mol. The third-order valence-corrected chi connectivity index (χ3v) is 4.64. The van der Waals surface area contributed by atoms with E-state index in [0.717, 1.165) is 12.1 Å². The molecule has 0 radical (unpaired) electrons. The van der Waals surface area contributed by atoms with E-state index in [2.05, 4.69) is 5.16 Å². The molecule has 2 heterocycles. The number of rotatable bonds is 2. The summed E-state index contributed by atoms with van der Waals surface area (Å²) < 4.78 is 62.7. The summed E-state index contributed by atoms with van der Waals surface area (Å²) in [6.07, 6.45) is -4.80. The normalized spacial score (nSPS) is 20.6. The minimum Gasteiger partial charge on any atom is -0.453 e. The summed E-state index contributed by atoms with van der Waals surface area (Å²) in [5.41, 5.74) is -1.61. The smallest absolute Gasteiger partial charge is 0.416 e. The Kier molecular flexibility index (Phi) is 4.99. The second-order valence-electron chi connectivity index (χ2n) is 6.25. The number of carbonyl (C=O) groups is 1. The standard InChI is InChI=1S/C17H16F4N2O4/c1-26-16(25)23-5-4-9(14-8-15(24)22-27-14)6-13(23)11-3-2-10(7-12(11)18)17(19,20)21/h2-3,7-9,13H,4-6H2,1H3,(H,22,24)/t9-,13+/m1/s1. The number of piperidine rings is 1. The maximum Gasteiger partial charge on any atom is 0.416 e. The van der Waals surface area contributed by atoms with Gasteiger partial charge in [-0.05, 0) is 25.0 Å². The van der Waals surface area contributed by atoms with Crippen molar-refractivity contribution in [3.63, 3.8) is 0 Å². The van der Waals surface area contributed by atoms with Crippen LogP contribution in [0.15, 0.2) is 33.6 Å². The van der Waals surface area contributed by atoms with Gasteiger partial charge in [0.05, 0.1) is 18.7 Å². The van der Waals surface area contributed by atoms with E-state index in [4.69, 9.17) is 9.26 Å². The van der Waals surface area contributed by atoms with Crippen molar-refractivity contribution < 1.29 is 31.6 Å². The van der Waals surface area contributed by atoms with Crippen molar-refractivity contribution >= 4 is 6.09 Å². The zero-order valence-corrected chi connectivity index (χ0v) is 14.2. The molecule has 0 unspecified atom stereocenters. The van der Waals surface area contributed by atoms with Crippen LogP contribution in [0.5, 0.6) is 0 Å². The number of halogens is 4. The Hall–Kier alpha value is -2.78. The third kappa shape index (κ3) is 3.83. The first-order valence-corrected chi connectivity index (χ1v) is 8.10. The highest BCUT2D eigenvalue weighted by molar-refractivity contribution is 5.68. The lowest BCUT2D eigenvalue weighted by Crippen LogP contribution is -2.40. The molecule has 3 rings (SSSR count). The van der Waals surface area contributed by atoms with Crippen molar-refractivity contribution in [2.75, 3.05) is 13.7 Å². The van der Waals surface area contributed by atoms with Gasteiger partial charge in [0, 0.05) is 24.1 Å². The van der Waals surface area contributed by atoms with E-state index in [0.29, 0.717) is 18.2 Å². The summed E-state index contributed by atoms with van der Waals surface area (Å²) in [6, 6.07) is 2.60. The summed E-state index contributed by atoms with van der Waals surface area (Å²) in [6.45, 7) is 0.164. The van der Waals surface area contributed by atoms with Crippen molar-refractivity contribution in [2.45, 2.75) is 31.0 Å². The van der Waals surface area contributed by atoms with Gasteiger partial charge < -0.3 is 14.2 Å². The molecule has 0 spiro atoms. The van der Waals surface area contributed by atoms with E-state index in [-0.39, 0.29) is 24.4 Å². The van der Waals surface area contributed by atoms with E-state index >= 15 is 0 Å². The van der Waals surface area contributed by atoms with Crippen LogP contribution in [0.4, 0.5) is 22.4 Å². The maximum absolute atomic E-state index is 14.5. The number of ether oxygens (including phenoxy) is 1. The Bertz CT molecular complexity index is 890. The largest absolute Gasteiger partial charge is 0.453 e. The van der Waals surface area contributed by atoms with Crippen LogP contribution in [-0.2, 0) is 10.9 Å². The summed E-state index contributed by atoms with van der Waals surface area (Å²) in [5, 5.41) is 2.17. The lowest BCUT2D eigenvalue weighted by atomic mass is 9.85. The molecule has 1 aromatic heterocycles. The predicted octanol–water partition coefficient (Wildman–Crippen LogP) is 3.81. The number of likely N-dealkylation sites (tertiary alicyclic amines) is 1. The van der Waals surface area contributed by atoms with Crippen molar-refractivity contribution in [1.29, 1.82) is 0 Å². The van der Waals surface area contributed by atoms with E-state index in [1.165, 1.54) is 18.1 Å². The molecule has 1 amide bonds. The van der Waals surface area contributed by atoms with Gasteiger partial charge in [-0.2, -0.15) is 18.3 Å². The summed E-state index contributed by atoms with van der Waals surface area (Å²) in [5.74, 6) is -1.03. The fraction of sp³-hybridized carbons (Fsp3) is 0.412. The lowest BCUT2D eigenvalue weighted by molar-refractivity contribution is -0.137. The molecule has 0 aliphatic carbocycles. The average molecular weight is 388 g/mol. The van der Waals surface area contributed by atoms with E-state index in [9.17, 15) is 27.2 Å². The van der Waals surface area contributed by atoms with Gasteiger partial charge in [0.15, 0.2) is 0 Å². The van der Waals surface area contributed by atoms with Gasteiger partial charge in [0.2, 0.25) is 0 Å².